The molecule has 2 aromatic rings. The monoisotopic (exact) mass is 402 g/mol. The maximum Gasteiger partial charge on any atom is 0.338 e. The lowest BCUT2D eigenvalue weighted by Crippen LogP contribution is -2.60. The van der Waals surface area contributed by atoms with Crippen LogP contribution in [0.3, 0.4) is 0 Å². The molecule has 8 nitrogen and oxygen atoms in total. The van der Waals surface area contributed by atoms with E-state index in [0.29, 0.717) is 5.56 Å². The maximum atomic E-state index is 12.3. The second-order valence-electron chi connectivity index (χ2n) is 6.46. The molecule has 0 bridgehead atoms. The first-order valence-electron chi connectivity index (χ1n) is 9.04. The zero-order valence-electron chi connectivity index (χ0n) is 15.7. The van der Waals surface area contributed by atoms with Gasteiger partial charge in [0.1, 0.15) is 24.9 Å². The number of carbonyl (C=O) groups is 2. The molecule has 2 aromatic carbocycles. The molecule has 0 aromatic heterocycles. The van der Waals surface area contributed by atoms with Crippen LogP contribution in [0.4, 0.5) is 0 Å². The lowest BCUT2D eigenvalue weighted by molar-refractivity contribution is -0.293. The number of benzene rings is 2. The fourth-order valence-electron chi connectivity index (χ4n) is 2.94. The van der Waals surface area contributed by atoms with Gasteiger partial charge in [-0.05, 0) is 24.3 Å². The van der Waals surface area contributed by atoms with E-state index in [4.69, 9.17) is 18.9 Å². The molecule has 1 aliphatic rings. The van der Waals surface area contributed by atoms with Crippen LogP contribution in [-0.2, 0) is 18.9 Å². The van der Waals surface area contributed by atoms with Crippen LogP contribution in [0.2, 0.25) is 0 Å². The minimum atomic E-state index is -1.50. The molecule has 0 spiro atoms. The Labute approximate surface area is 167 Å². The van der Waals surface area contributed by atoms with Gasteiger partial charge < -0.3 is 29.2 Å². The first-order valence-corrected chi connectivity index (χ1v) is 9.04. The Morgan fingerprint density at radius 1 is 0.897 bits per heavy atom. The van der Waals surface area contributed by atoms with Crippen molar-refractivity contribution >= 4 is 11.9 Å². The fourth-order valence-corrected chi connectivity index (χ4v) is 2.94. The van der Waals surface area contributed by atoms with Gasteiger partial charge in [-0.2, -0.15) is 0 Å². The SMILES string of the molecule is CO[C@@H]1O[C@H](COC(=O)c2ccccc2)[C@H](O)[C@H](O)[C@H]1OC(=O)c1ccccc1. The Kier molecular flexibility index (Phi) is 6.95. The van der Waals surface area contributed by atoms with Crippen molar-refractivity contribution in [2.24, 2.45) is 0 Å². The molecular weight excluding hydrogens is 380 g/mol. The summed E-state index contributed by atoms with van der Waals surface area (Å²) in [4.78, 5) is 24.4. The smallest absolute Gasteiger partial charge is 0.338 e. The minimum absolute atomic E-state index is 0.281. The van der Waals surface area contributed by atoms with E-state index >= 15 is 0 Å². The van der Waals surface area contributed by atoms with Crippen molar-refractivity contribution in [1.82, 2.24) is 0 Å². The Morgan fingerprint density at radius 2 is 1.45 bits per heavy atom. The predicted octanol–water partition coefficient (Wildman–Crippen LogP) is 1.16. The number of esters is 2. The highest BCUT2D eigenvalue weighted by Crippen LogP contribution is 2.25. The highest BCUT2D eigenvalue weighted by molar-refractivity contribution is 5.89. The summed E-state index contributed by atoms with van der Waals surface area (Å²) >= 11 is 0. The second kappa shape index (κ2) is 9.62. The molecule has 3 rings (SSSR count). The number of hydrogen-bond donors (Lipinski definition) is 2. The average molecular weight is 402 g/mol. The van der Waals surface area contributed by atoms with Crippen molar-refractivity contribution in [3.63, 3.8) is 0 Å². The minimum Gasteiger partial charge on any atom is -0.459 e. The molecule has 0 saturated carbocycles. The van der Waals surface area contributed by atoms with Gasteiger partial charge in [-0.25, -0.2) is 9.59 Å². The Balaban J connectivity index is 1.63. The fraction of sp³-hybridized carbons (Fsp3) is 0.333. The van der Waals surface area contributed by atoms with Gasteiger partial charge >= 0.3 is 11.9 Å². The summed E-state index contributed by atoms with van der Waals surface area (Å²) in [5, 5.41) is 20.8. The van der Waals surface area contributed by atoms with E-state index in [1.807, 2.05) is 0 Å². The molecular formula is C21H22O8. The zero-order chi connectivity index (χ0) is 20.8. The van der Waals surface area contributed by atoms with Crippen molar-refractivity contribution in [3.8, 4) is 0 Å². The molecule has 1 heterocycles. The van der Waals surface area contributed by atoms with Crippen molar-refractivity contribution in [3.05, 3.63) is 71.8 Å². The lowest BCUT2D eigenvalue weighted by atomic mass is 9.99. The van der Waals surface area contributed by atoms with E-state index in [1.54, 1.807) is 60.7 Å². The number of aliphatic hydroxyl groups excluding tert-OH is 2. The molecule has 8 heteroatoms. The number of carbonyl (C=O) groups excluding carboxylic acids is 2. The summed E-state index contributed by atoms with van der Waals surface area (Å²) in [5.41, 5.74) is 0.624. The Morgan fingerprint density at radius 3 is 2.00 bits per heavy atom. The molecule has 0 aliphatic carbocycles. The number of rotatable bonds is 6. The van der Waals surface area contributed by atoms with Gasteiger partial charge in [0.15, 0.2) is 12.4 Å². The van der Waals surface area contributed by atoms with Gasteiger partial charge in [-0.15, -0.1) is 0 Å². The summed E-state index contributed by atoms with van der Waals surface area (Å²) in [5.74, 6) is -1.29. The Bertz CT molecular complexity index is 806. The molecule has 1 saturated heterocycles. The van der Waals surface area contributed by atoms with Gasteiger partial charge in [0.2, 0.25) is 0 Å². The van der Waals surface area contributed by atoms with Crippen LogP contribution in [0.1, 0.15) is 20.7 Å². The van der Waals surface area contributed by atoms with E-state index in [9.17, 15) is 19.8 Å². The quantitative estimate of drug-likeness (QED) is 0.693. The largest absolute Gasteiger partial charge is 0.459 e. The van der Waals surface area contributed by atoms with E-state index < -0.39 is 42.6 Å². The highest BCUT2D eigenvalue weighted by Gasteiger charge is 2.47. The molecule has 0 amide bonds. The molecule has 0 unspecified atom stereocenters. The number of aliphatic hydroxyl groups is 2. The summed E-state index contributed by atoms with van der Waals surface area (Å²) < 4.78 is 21.2. The van der Waals surface area contributed by atoms with Crippen LogP contribution in [0.5, 0.6) is 0 Å². The van der Waals surface area contributed by atoms with Crippen molar-refractivity contribution < 1.29 is 38.7 Å². The van der Waals surface area contributed by atoms with Crippen molar-refractivity contribution in [1.29, 1.82) is 0 Å². The molecule has 0 radical (unpaired) electrons. The van der Waals surface area contributed by atoms with Gasteiger partial charge in [0, 0.05) is 7.11 Å². The lowest BCUT2D eigenvalue weighted by Gasteiger charge is -2.41. The van der Waals surface area contributed by atoms with Crippen LogP contribution < -0.4 is 0 Å². The maximum absolute atomic E-state index is 12.3. The molecule has 154 valence electrons. The van der Waals surface area contributed by atoms with E-state index in [1.165, 1.54) is 7.11 Å². The van der Waals surface area contributed by atoms with Gasteiger partial charge in [-0.3, -0.25) is 0 Å². The molecule has 29 heavy (non-hydrogen) atoms. The Hall–Kier alpha value is -2.78. The average Bonchev–Trinajstić information content (AvgIpc) is 2.77. The second-order valence-corrected chi connectivity index (χ2v) is 6.46. The van der Waals surface area contributed by atoms with Crippen molar-refractivity contribution in [2.45, 2.75) is 30.7 Å². The summed E-state index contributed by atoms with van der Waals surface area (Å²) in [7, 11) is 1.31. The third-order valence-corrected chi connectivity index (χ3v) is 4.52. The third kappa shape index (κ3) is 4.99. The van der Waals surface area contributed by atoms with Crippen LogP contribution in [0.15, 0.2) is 60.7 Å². The number of hydrogen-bond acceptors (Lipinski definition) is 8. The standard InChI is InChI=1S/C21H22O8/c1-26-21-18(29-20(25)14-10-6-3-7-11-14)17(23)16(22)15(28-21)12-27-19(24)13-8-4-2-5-9-13/h2-11,15-18,21-23H,12H2,1H3/t15-,16+,17+,18-,21-/m1/s1. The topological polar surface area (TPSA) is 112 Å². The van der Waals surface area contributed by atoms with Gasteiger partial charge in [0.05, 0.1) is 11.1 Å². The normalized spacial score (nSPS) is 26.5. The summed E-state index contributed by atoms with van der Waals surface area (Å²) in [6.07, 6.45) is -6.43. The van der Waals surface area contributed by atoms with Gasteiger partial charge in [-0.1, -0.05) is 36.4 Å². The van der Waals surface area contributed by atoms with E-state index in [2.05, 4.69) is 0 Å². The van der Waals surface area contributed by atoms with Crippen LogP contribution >= 0.6 is 0 Å². The van der Waals surface area contributed by atoms with Gasteiger partial charge in [0.25, 0.3) is 0 Å². The van der Waals surface area contributed by atoms with Crippen molar-refractivity contribution in [2.75, 3.05) is 13.7 Å². The molecule has 2 N–H and O–H groups in total. The third-order valence-electron chi connectivity index (χ3n) is 4.52. The predicted molar refractivity (Wildman–Crippen MR) is 100 cm³/mol. The highest BCUT2D eigenvalue weighted by atomic mass is 16.7. The van der Waals surface area contributed by atoms with E-state index in [0.717, 1.165) is 0 Å². The summed E-state index contributed by atoms with van der Waals surface area (Å²) in [6, 6.07) is 16.5. The molecule has 1 aliphatic heterocycles. The zero-order valence-corrected chi connectivity index (χ0v) is 15.7. The van der Waals surface area contributed by atoms with Crippen LogP contribution in [0.25, 0.3) is 0 Å². The summed E-state index contributed by atoms with van der Waals surface area (Å²) in [6.45, 7) is -0.314. The molecule has 5 atom stereocenters. The first kappa shape index (κ1) is 20.9. The number of ether oxygens (including phenoxy) is 4. The van der Waals surface area contributed by atoms with Crippen LogP contribution in [0, 0.1) is 0 Å². The van der Waals surface area contributed by atoms with E-state index in [-0.39, 0.29) is 12.2 Å². The molecule has 1 fully saturated rings. The number of methoxy groups -OCH3 is 1. The first-order chi connectivity index (χ1) is 14.0. The van der Waals surface area contributed by atoms with Crippen LogP contribution in [-0.4, -0.2) is 66.6 Å².